The van der Waals surface area contributed by atoms with Crippen LogP contribution in [0.1, 0.15) is 99.8 Å². The Balaban J connectivity index is 1.52. The molecule has 5 fully saturated rings. The molecular formula is C33H50O7. The minimum atomic E-state index is -1.22. The van der Waals surface area contributed by atoms with E-state index in [9.17, 15) is 29.7 Å². The van der Waals surface area contributed by atoms with Gasteiger partial charge in [0.2, 0.25) is 0 Å². The Morgan fingerprint density at radius 1 is 0.925 bits per heavy atom. The zero-order chi connectivity index (χ0) is 29.8. The lowest BCUT2D eigenvalue weighted by Gasteiger charge is -2.62. The van der Waals surface area contributed by atoms with E-state index in [4.69, 9.17) is 4.74 Å². The largest absolute Gasteiger partial charge is 0.481 e. The molecule has 7 nitrogen and oxygen atoms in total. The van der Waals surface area contributed by atoms with Crippen LogP contribution in [0.3, 0.4) is 0 Å². The molecule has 0 heterocycles. The average molecular weight is 559 g/mol. The molecule has 0 saturated heterocycles. The topological polar surface area (TPSA) is 121 Å². The van der Waals surface area contributed by atoms with Crippen molar-refractivity contribution in [2.45, 2.75) is 118 Å². The molecule has 0 aromatic carbocycles. The molecule has 5 rings (SSSR count). The molecule has 0 radical (unpaired) electrons. The molecule has 0 aromatic rings. The number of fused-ring (bicyclic) bond motifs is 2. The highest BCUT2D eigenvalue weighted by atomic mass is 16.5. The van der Waals surface area contributed by atoms with Crippen molar-refractivity contribution in [3.63, 3.8) is 0 Å². The number of aliphatic carboxylic acids is 1. The zero-order valence-corrected chi connectivity index (χ0v) is 25.5. The molecule has 2 spiro atoms. The van der Waals surface area contributed by atoms with Crippen molar-refractivity contribution in [2.75, 3.05) is 0 Å². The average Bonchev–Trinajstić information content (AvgIpc) is 3.48. The number of ether oxygens (including phenoxy) is 1. The minimum absolute atomic E-state index is 0.0281. The van der Waals surface area contributed by atoms with Crippen molar-refractivity contribution in [1.29, 1.82) is 0 Å². The van der Waals surface area contributed by atoms with Crippen LogP contribution in [-0.2, 0) is 19.1 Å². The Bertz CT molecular complexity index is 1130. The van der Waals surface area contributed by atoms with Gasteiger partial charge in [-0.3, -0.25) is 14.4 Å². The van der Waals surface area contributed by atoms with E-state index < -0.39 is 35.6 Å². The lowest BCUT2D eigenvalue weighted by molar-refractivity contribution is -0.190. The molecule has 0 aromatic heterocycles. The fourth-order valence-electron chi connectivity index (χ4n) is 11.6. The molecular weight excluding hydrogens is 508 g/mol. The van der Waals surface area contributed by atoms with Gasteiger partial charge in [-0.15, -0.1) is 0 Å². The van der Waals surface area contributed by atoms with Crippen LogP contribution in [0.15, 0.2) is 12.2 Å². The maximum Gasteiger partial charge on any atom is 0.312 e. The van der Waals surface area contributed by atoms with Crippen molar-refractivity contribution < 1.29 is 34.4 Å². The third kappa shape index (κ3) is 3.52. The van der Waals surface area contributed by atoms with Crippen LogP contribution in [-0.4, -0.2) is 51.4 Å². The number of ketones is 1. The molecule has 12 atom stereocenters. The van der Waals surface area contributed by atoms with E-state index in [0.29, 0.717) is 24.3 Å². The molecule has 5 saturated carbocycles. The zero-order valence-electron chi connectivity index (χ0n) is 25.5. The molecule has 3 N–H and O–H groups in total. The van der Waals surface area contributed by atoms with Gasteiger partial charge in [0, 0.05) is 12.8 Å². The molecule has 5 aliphatic carbocycles. The van der Waals surface area contributed by atoms with E-state index >= 15 is 0 Å². The molecule has 7 heteroatoms. The van der Waals surface area contributed by atoms with Gasteiger partial charge >= 0.3 is 11.9 Å². The number of aliphatic hydroxyl groups excluding tert-OH is 2. The third-order valence-electron chi connectivity index (χ3n) is 13.9. The summed E-state index contributed by atoms with van der Waals surface area (Å²) >= 11 is 0. The number of rotatable bonds is 7. The standard InChI is InChI=1S/C33H50O7/c1-17(2)18(3)26(36)27(37)19(4)25-21(40-20(5)34)15-30(7)22-9-10-23-31(8,28(38)39)24(35)11-12-32(23)16-33(22,32)14-13-29(25,30)6/h17,19,21-25,27,35,37H,3,9-16H2,1-2,4-8H3,(H,38,39). The SMILES string of the molecule is C=C(C(=O)C(O)C(C)C1C(OC(C)=O)CC2(C)C3CCC4C(C)(C(=O)O)C(O)CCC45CC35CCC12C)C(C)C. The Kier molecular flexibility index (Phi) is 6.79. The Hall–Kier alpha value is -1.73. The molecule has 0 amide bonds. The number of aliphatic hydroxyl groups is 2. The van der Waals surface area contributed by atoms with Gasteiger partial charge in [-0.1, -0.05) is 41.2 Å². The van der Waals surface area contributed by atoms with Gasteiger partial charge in [0.1, 0.15) is 12.2 Å². The first-order chi connectivity index (χ1) is 18.4. The maximum absolute atomic E-state index is 13.2. The van der Waals surface area contributed by atoms with E-state index in [1.165, 1.54) is 6.92 Å². The quantitative estimate of drug-likeness (QED) is 0.291. The molecule has 0 aliphatic heterocycles. The number of carboxylic acid groups (broad SMARTS) is 1. The normalized spacial score (nSPS) is 48.6. The van der Waals surface area contributed by atoms with E-state index in [0.717, 1.165) is 38.5 Å². The second kappa shape index (κ2) is 9.13. The van der Waals surface area contributed by atoms with Gasteiger partial charge in [-0.25, -0.2) is 0 Å². The molecule has 224 valence electrons. The Labute approximate surface area is 239 Å². The maximum atomic E-state index is 13.2. The summed E-state index contributed by atoms with van der Waals surface area (Å²) in [6, 6.07) is 0. The molecule has 40 heavy (non-hydrogen) atoms. The highest BCUT2D eigenvalue weighted by Crippen LogP contribution is 2.89. The molecule has 5 aliphatic rings. The highest BCUT2D eigenvalue weighted by Gasteiger charge is 2.84. The Morgan fingerprint density at radius 2 is 1.52 bits per heavy atom. The summed E-state index contributed by atoms with van der Waals surface area (Å²) in [7, 11) is 0. The van der Waals surface area contributed by atoms with Crippen LogP contribution >= 0.6 is 0 Å². The number of hydrogen-bond acceptors (Lipinski definition) is 6. The van der Waals surface area contributed by atoms with Gasteiger partial charge in [0.05, 0.1) is 11.5 Å². The smallest absolute Gasteiger partial charge is 0.312 e. The fraction of sp³-hybridized carbons (Fsp3) is 0.848. The fourth-order valence-corrected chi connectivity index (χ4v) is 11.6. The lowest BCUT2D eigenvalue weighted by atomic mass is 9.41. The number of esters is 1. The number of carbonyl (C=O) groups is 3. The Morgan fingerprint density at radius 3 is 2.10 bits per heavy atom. The molecule has 0 bridgehead atoms. The summed E-state index contributed by atoms with van der Waals surface area (Å²) in [5.41, 5.74) is -1.24. The van der Waals surface area contributed by atoms with Crippen molar-refractivity contribution in [3.05, 3.63) is 12.2 Å². The van der Waals surface area contributed by atoms with Crippen molar-refractivity contribution in [3.8, 4) is 0 Å². The summed E-state index contributed by atoms with van der Waals surface area (Å²) in [5, 5.41) is 32.6. The van der Waals surface area contributed by atoms with Gasteiger partial charge in [-0.2, -0.15) is 0 Å². The van der Waals surface area contributed by atoms with Crippen molar-refractivity contribution in [2.24, 2.45) is 56.7 Å². The predicted octanol–water partition coefficient (Wildman–Crippen LogP) is 5.17. The van der Waals surface area contributed by atoms with Crippen LogP contribution in [0.25, 0.3) is 0 Å². The van der Waals surface area contributed by atoms with Gasteiger partial charge in [0.25, 0.3) is 0 Å². The number of carboxylic acids is 1. The van der Waals surface area contributed by atoms with E-state index in [-0.39, 0.29) is 51.2 Å². The van der Waals surface area contributed by atoms with Crippen molar-refractivity contribution >= 4 is 17.7 Å². The van der Waals surface area contributed by atoms with Crippen LogP contribution in [0.4, 0.5) is 0 Å². The summed E-state index contributed by atoms with van der Waals surface area (Å²) in [6.45, 7) is 17.5. The van der Waals surface area contributed by atoms with E-state index in [1.807, 2.05) is 20.8 Å². The van der Waals surface area contributed by atoms with Crippen LogP contribution < -0.4 is 0 Å². The monoisotopic (exact) mass is 558 g/mol. The number of hydrogen-bond donors (Lipinski definition) is 3. The lowest BCUT2D eigenvalue weighted by Crippen LogP contribution is -2.60. The van der Waals surface area contributed by atoms with Crippen LogP contribution in [0.2, 0.25) is 0 Å². The van der Waals surface area contributed by atoms with E-state index in [2.05, 4.69) is 20.4 Å². The van der Waals surface area contributed by atoms with Crippen molar-refractivity contribution in [1.82, 2.24) is 0 Å². The number of carbonyl (C=O) groups excluding carboxylic acids is 2. The summed E-state index contributed by atoms with van der Waals surface area (Å²) in [5.74, 6) is -1.96. The third-order valence-corrected chi connectivity index (χ3v) is 13.9. The summed E-state index contributed by atoms with van der Waals surface area (Å²) in [6.07, 6.45) is 4.10. The van der Waals surface area contributed by atoms with Gasteiger partial charge in [0.15, 0.2) is 5.78 Å². The van der Waals surface area contributed by atoms with Crippen LogP contribution in [0, 0.1) is 56.7 Å². The van der Waals surface area contributed by atoms with Gasteiger partial charge < -0.3 is 20.1 Å². The predicted molar refractivity (Wildman–Crippen MR) is 150 cm³/mol. The summed E-state index contributed by atoms with van der Waals surface area (Å²) in [4.78, 5) is 38.1. The summed E-state index contributed by atoms with van der Waals surface area (Å²) < 4.78 is 6.02. The number of Topliss-reactive ketones (excluding diaryl/α,β-unsaturated/α-hetero) is 1. The first kappa shape index (κ1) is 29.8. The van der Waals surface area contributed by atoms with Crippen LogP contribution in [0.5, 0.6) is 0 Å². The molecule has 12 unspecified atom stereocenters. The van der Waals surface area contributed by atoms with Gasteiger partial charge in [-0.05, 0) is 109 Å². The first-order valence-electron chi connectivity index (χ1n) is 15.4. The minimum Gasteiger partial charge on any atom is -0.481 e. The highest BCUT2D eigenvalue weighted by molar-refractivity contribution is 5.98. The van der Waals surface area contributed by atoms with E-state index in [1.54, 1.807) is 6.92 Å². The second-order valence-electron chi connectivity index (χ2n) is 15.4. The second-order valence-corrected chi connectivity index (χ2v) is 15.4. The first-order valence-corrected chi connectivity index (χ1v) is 15.4.